The molecule has 0 saturated heterocycles. The van der Waals surface area contributed by atoms with Gasteiger partial charge in [0.05, 0.1) is 19.3 Å². The van der Waals surface area contributed by atoms with Crippen LogP contribution in [0.25, 0.3) is 0 Å². The van der Waals surface area contributed by atoms with Gasteiger partial charge >= 0.3 is 0 Å². The molecule has 0 amide bonds. The summed E-state index contributed by atoms with van der Waals surface area (Å²) < 4.78 is 17.8. The molecule has 78 valence electrons. The number of benzene rings is 1. The highest BCUT2D eigenvalue weighted by atomic mass is 19.1. The monoisotopic (exact) mass is 199 g/mol. The topological polar surface area (TPSA) is 55.5 Å². The summed E-state index contributed by atoms with van der Waals surface area (Å²) >= 11 is 0. The normalized spacial score (nSPS) is 14.9. The predicted octanol–water partition coefficient (Wildman–Crippen LogP) is 1.00. The Labute approximate surface area is 82.3 Å². The standard InChI is InChI=1S/C10H14FNO2/c1-10(12,6-13)7-3-4-8(11)9(5-7)14-2/h3-5,13H,6,12H2,1-2H3/t10-/m0/s1. The van der Waals surface area contributed by atoms with Crippen LogP contribution in [0.3, 0.4) is 0 Å². The summed E-state index contributed by atoms with van der Waals surface area (Å²) in [5, 5.41) is 9.02. The Morgan fingerprint density at radius 2 is 2.21 bits per heavy atom. The average molecular weight is 199 g/mol. The van der Waals surface area contributed by atoms with Crippen molar-refractivity contribution >= 4 is 0 Å². The minimum atomic E-state index is -0.874. The van der Waals surface area contributed by atoms with E-state index in [1.807, 2.05) is 0 Å². The fraction of sp³-hybridized carbons (Fsp3) is 0.400. The third kappa shape index (κ3) is 2.02. The van der Waals surface area contributed by atoms with Gasteiger partial charge in [0.25, 0.3) is 0 Å². The predicted molar refractivity (Wildman–Crippen MR) is 51.6 cm³/mol. The van der Waals surface area contributed by atoms with Crippen LogP contribution in [-0.4, -0.2) is 18.8 Å². The Bertz CT molecular complexity index is 326. The third-order valence-corrected chi connectivity index (χ3v) is 2.14. The van der Waals surface area contributed by atoms with Gasteiger partial charge in [-0.05, 0) is 24.6 Å². The molecule has 0 bridgehead atoms. The summed E-state index contributed by atoms with van der Waals surface area (Å²) in [4.78, 5) is 0. The number of nitrogens with two attached hydrogens (primary N) is 1. The number of hydrogen-bond donors (Lipinski definition) is 2. The molecule has 1 rings (SSSR count). The molecule has 0 aliphatic rings. The molecule has 0 spiro atoms. The largest absolute Gasteiger partial charge is 0.494 e. The second-order valence-electron chi connectivity index (χ2n) is 3.42. The SMILES string of the molecule is COc1cc([C@@](C)(N)CO)ccc1F. The van der Waals surface area contributed by atoms with Crippen molar-refractivity contribution < 1.29 is 14.2 Å². The van der Waals surface area contributed by atoms with Gasteiger partial charge in [-0.25, -0.2) is 4.39 Å². The molecule has 0 unspecified atom stereocenters. The van der Waals surface area contributed by atoms with Crippen molar-refractivity contribution in [3.8, 4) is 5.75 Å². The van der Waals surface area contributed by atoms with E-state index in [0.717, 1.165) is 0 Å². The minimum Gasteiger partial charge on any atom is -0.494 e. The summed E-state index contributed by atoms with van der Waals surface area (Å²) in [6.07, 6.45) is 0. The fourth-order valence-corrected chi connectivity index (χ4v) is 1.11. The van der Waals surface area contributed by atoms with E-state index in [1.165, 1.54) is 25.3 Å². The Balaban J connectivity index is 3.12. The molecule has 0 aliphatic heterocycles. The first-order chi connectivity index (χ1) is 6.51. The van der Waals surface area contributed by atoms with E-state index in [4.69, 9.17) is 15.6 Å². The maximum absolute atomic E-state index is 13.0. The van der Waals surface area contributed by atoms with Crippen LogP contribution >= 0.6 is 0 Å². The Kier molecular flexibility index (Phi) is 3.08. The molecule has 0 fully saturated rings. The molecular weight excluding hydrogens is 185 g/mol. The lowest BCUT2D eigenvalue weighted by molar-refractivity contribution is 0.209. The number of rotatable bonds is 3. The lowest BCUT2D eigenvalue weighted by atomic mass is 9.94. The summed E-state index contributed by atoms with van der Waals surface area (Å²) in [6.45, 7) is 1.46. The zero-order valence-electron chi connectivity index (χ0n) is 8.25. The first kappa shape index (κ1) is 10.9. The molecule has 0 aliphatic carbocycles. The minimum absolute atomic E-state index is 0.132. The zero-order valence-corrected chi connectivity index (χ0v) is 8.25. The molecule has 0 aromatic heterocycles. The maximum Gasteiger partial charge on any atom is 0.165 e. The van der Waals surface area contributed by atoms with E-state index in [9.17, 15) is 4.39 Å². The summed E-state index contributed by atoms with van der Waals surface area (Å²) in [5.41, 5.74) is 5.55. The highest BCUT2D eigenvalue weighted by molar-refractivity contribution is 5.34. The van der Waals surface area contributed by atoms with Crippen molar-refractivity contribution in [2.45, 2.75) is 12.5 Å². The second kappa shape index (κ2) is 3.94. The molecule has 0 heterocycles. The van der Waals surface area contributed by atoms with Crippen molar-refractivity contribution in [1.29, 1.82) is 0 Å². The van der Waals surface area contributed by atoms with Crippen molar-refractivity contribution in [2.24, 2.45) is 5.73 Å². The molecular formula is C10H14FNO2. The van der Waals surface area contributed by atoms with Gasteiger partial charge in [0.2, 0.25) is 0 Å². The molecule has 3 nitrogen and oxygen atoms in total. The zero-order chi connectivity index (χ0) is 10.8. The molecule has 1 aromatic carbocycles. The number of ether oxygens (including phenoxy) is 1. The number of aliphatic hydroxyl groups is 1. The first-order valence-electron chi connectivity index (χ1n) is 4.25. The summed E-state index contributed by atoms with van der Waals surface area (Å²) in [5.74, 6) is -0.308. The van der Waals surface area contributed by atoms with Crippen LogP contribution in [0.15, 0.2) is 18.2 Å². The molecule has 1 aromatic rings. The van der Waals surface area contributed by atoms with Gasteiger partial charge in [0.1, 0.15) is 0 Å². The second-order valence-corrected chi connectivity index (χ2v) is 3.42. The Morgan fingerprint density at radius 3 is 2.71 bits per heavy atom. The van der Waals surface area contributed by atoms with Crippen LogP contribution < -0.4 is 10.5 Å². The van der Waals surface area contributed by atoms with E-state index in [1.54, 1.807) is 6.92 Å². The molecule has 0 saturated carbocycles. The van der Waals surface area contributed by atoms with Crippen molar-refractivity contribution in [1.82, 2.24) is 0 Å². The van der Waals surface area contributed by atoms with E-state index in [0.29, 0.717) is 5.56 Å². The lowest BCUT2D eigenvalue weighted by Gasteiger charge is -2.22. The van der Waals surface area contributed by atoms with Crippen molar-refractivity contribution in [3.63, 3.8) is 0 Å². The lowest BCUT2D eigenvalue weighted by Crippen LogP contribution is -2.36. The molecule has 0 radical (unpaired) electrons. The maximum atomic E-state index is 13.0. The number of aliphatic hydroxyl groups excluding tert-OH is 1. The average Bonchev–Trinajstić information content (AvgIpc) is 2.18. The fourth-order valence-electron chi connectivity index (χ4n) is 1.11. The molecule has 14 heavy (non-hydrogen) atoms. The highest BCUT2D eigenvalue weighted by Gasteiger charge is 2.21. The molecule has 1 atom stereocenters. The number of methoxy groups -OCH3 is 1. The van der Waals surface area contributed by atoms with Crippen LogP contribution in [0, 0.1) is 5.82 Å². The smallest absolute Gasteiger partial charge is 0.165 e. The van der Waals surface area contributed by atoms with Gasteiger partial charge in [-0.15, -0.1) is 0 Å². The van der Waals surface area contributed by atoms with Crippen LogP contribution in [0.4, 0.5) is 4.39 Å². The quantitative estimate of drug-likeness (QED) is 0.763. The van der Waals surface area contributed by atoms with Gasteiger partial charge in [-0.1, -0.05) is 6.07 Å². The molecule has 3 N–H and O–H groups in total. The van der Waals surface area contributed by atoms with Crippen molar-refractivity contribution in [3.05, 3.63) is 29.6 Å². The Morgan fingerprint density at radius 1 is 1.57 bits per heavy atom. The third-order valence-electron chi connectivity index (χ3n) is 2.14. The van der Waals surface area contributed by atoms with Crippen LogP contribution in [0.2, 0.25) is 0 Å². The number of halogens is 1. The summed E-state index contributed by atoms with van der Waals surface area (Å²) in [7, 11) is 1.38. The van der Waals surface area contributed by atoms with Crippen LogP contribution in [0.1, 0.15) is 12.5 Å². The van der Waals surface area contributed by atoms with Crippen LogP contribution in [0.5, 0.6) is 5.75 Å². The van der Waals surface area contributed by atoms with Crippen LogP contribution in [-0.2, 0) is 5.54 Å². The summed E-state index contributed by atoms with van der Waals surface area (Å²) in [6, 6.07) is 4.30. The van der Waals surface area contributed by atoms with E-state index in [2.05, 4.69) is 0 Å². The van der Waals surface area contributed by atoms with Gasteiger partial charge in [-0.2, -0.15) is 0 Å². The van der Waals surface area contributed by atoms with E-state index in [-0.39, 0.29) is 12.4 Å². The van der Waals surface area contributed by atoms with Gasteiger partial charge in [-0.3, -0.25) is 0 Å². The van der Waals surface area contributed by atoms with Gasteiger partial charge < -0.3 is 15.6 Å². The van der Waals surface area contributed by atoms with Crippen molar-refractivity contribution in [2.75, 3.05) is 13.7 Å². The highest BCUT2D eigenvalue weighted by Crippen LogP contribution is 2.24. The van der Waals surface area contributed by atoms with E-state index < -0.39 is 11.4 Å². The Hall–Kier alpha value is -1.13. The molecule has 4 heteroatoms. The van der Waals surface area contributed by atoms with Gasteiger partial charge in [0, 0.05) is 0 Å². The first-order valence-corrected chi connectivity index (χ1v) is 4.25. The van der Waals surface area contributed by atoms with Gasteiger partial charge in [0.15, 0.2) is 11.6 Å². The number of hydrogen-bond acceptors (Lipinski definition) is 3. The van der Waals surface area contributed by atoms with E-state index >= 15 is 0 Å².